The molecule has 0 fully saturated rings. The van der Waals surface area contributed by atoms with E-state index in [2.05, 4.69) is 5.32 Å². The van der Waals surface area contributed by atoms with E-state index in [0.29, 0.717) is 5.02 Å². The van der Waals surface area contributed by atoms with Crippen LogP contribution in [0.4, 0.5) is 10.1 Å². The second-order valence-corrected chi connectivity index (χ2v) is 4.89. The minimum absolute atomic E-state index is 0.0322. The smallest absolute Gasteiger partial charge is 0.142 e. The third-order valence-corrected chi connectivity index (χ3v) is 3.19. The Morgan fingerprint density at radius 3 is 2.56 bits per heavy atom. The van der Waals surface area contributed by atoms with Crippen LogP contribution in [0, 0.1) is 5.82 Å². The van der Waals surface area contributed by atoms with E-state index >= 15 is 0 Å². The van der Waals surface area contributed by atoms with Crippen molar-refractivity contribution < 1.29 is 4.39 Å². The SMILES string of the molecule is CC(Nc1cccc(Cl)c1)c1ccc(Cl)c(F)c1. The maximum atomic E-state index is 13.4. The Hall–Kier alpha value is -1.25. The molecule has 0 bridgehead atoms. The average Bonchev–Trinajstić information content (AvgIpc) is 2.32. The average molecular weight is 284 g/mol. The standard InChI is InChI=1S/C14H12Cl2FN/c1-9(10-5-6-13(16)14(17)7-10)18-12-4-2-3-11(15)8-12/h2-9,18H,1H3. The zero-order chi connectivity index (χ0) is 13.1. The lowest BCUT2D eigenvalue weighted by molar-refractivity contribution is 0.624. The molecule has 2 aromatic carbocycles. The van der Waals surface area contributed by atoms with Crippen LogP contribution in [0.1, 0.15) is 18.5 Å². The summed E-state index contributed by atoms with van der Waals surface area (Å²) in [5.74, 6) is -0.408. The van der Waals surface area contributed by atoms with E-state index in [1.54, 1.807) is 18.2 Å². The molecule has 0 heterocycles. The van der Waals surface area contributed by atoms with Crippen molar-refractivity contribution in [1.82, 2.24) is 0 Å². The second kappa shape index (κ2) is 5.59. The summed E-state index contributed by atoms with van der Waals surface area (Å²) in [7, 11) is 0. The molecule has 0 saturated carbocycles. The first-order chi connectivity index (χ1) is 8.56. The van der Waals surface area contributed by atoms with Crippen LogP contribution in [-0.2, 0) is 0 Å². The highest BCUT2D eigenvalue weighted by Gasteiger charge is 2.08. The minimum Gasteiger partial charge on any atom is -0.378 e. The number of anilines is 1. The van der Waals surface area contributed by atoms with Gasteiger partial charge in [0.15, 0.2) is 0 Å². The Balaban J connectivity index is 2.16. The van der Waals surface area contributed by atoms with Gasteiger partial charge in [-0.3, -0.25) is 0 Å². The van der Waals surface area contributed by atoms with Gasteiger partial charge in [0.2, 0.25) is 0 Å². The summed E-state index contributed by atoms with van der Waals surface area (Å²) in [6.45, 7) is 1.95. The molecular formula is C14H12Cl2FN. The van der Waals surface area contributed by atoms with Crippen LogP contribution in [-0.4, -0.2) is 0 Å². The monoisotopic (exact) mass is 283 g/mol. The lowest BCUT2D eigenvalue weighted by Gasteiger charge is -2.16. The first kappa shape index (κ1) is 13.2. The van der Waals surface area contributed by atoms with Crippen molar-refractivity contribution in [3.05, 3.63) is 63.9 Å². The largest absolute Gasteiger partial charge is 0.378 e. The topological polar surface area (TPSA) is 12.0 Å². The van der Waals surface area contributed by atoms with Gasteiger partial charge in [-0.05, 0) is 42.8 Å². The van der Waals surface area contributed by atoms with Gasteiger partial charge in [-0.2, -0.15) is 0 Å². The van der Waals surface area contributed by atoms with Gasteiger partial charge in [-0.1, -0.05) is 35.3 Å². The molecule has 0 amide bonds. The predicted octanol–water partition coefficient (Wildman–Crippen LogP) is 5.31. The molecule has 1 unspecified atom stereocenters. The molecule has 0 spiro atoms. The molecule has 4 heteroatoms. The van der Waals surface area contributed by atoms with E-state index in [4.69, 9.17) is 23.2 Å². The van der Waals surface area contributed by atoms with Gasteiger partial charge >= 0.3 is 0 Å². The van der Waals surface area contributed by atoms with Crippen molar-refractivity contribution in [3.63, 3.8) is 0 Å². The van der Waals surface area contributed by atoms with Crippen LogP contribution < -0.4 is 5.32 Å². The number of halogens is 3. The molecule has 0 aromatic heterocycles. The predicted molar refractivity (Wildman–Crippen MR) is 74.9 cm³/mol. The highest BCUT2D eigenvalue weighted by Crippen LogP contribution is 2.24. The summed E-state index contributed by atoms with van der Waals surface area (Å²) in [5.41, 5.74) is 1.72. The Kier molecular flexibility index (Phi) is 4.10. The normalized spacial score (nSPS) is 12.2. The van der Waals surface area contributed by atoms with Crippen LogP contribution >= 0.6 is 23.2 Å². The van der Waals surface area contributed by atoms with E-state index in [1.807, 2.05) is 25.1 Å². The second-order valence-electron chi connectivity index (χ2n) is 4.05. The molecule has 2 rings (SSSR count). The lowest BCUT2D eigenvalue weighted by atomic mass is 10.1. The van der Waals surface area contributed by atoms with Crippen LogP contribution in [0.15, 0.2) is 42.5 Å². The van der Waals surface area contributed by atoms with Crippen LogP contribution in [0.5, 0.6) is 0 Å². The molecular weight excluding hydrogens is 272 g/mol. The van der Waals surface area contributed by atoms with Gasteiger partial charge in [0.1, 0.15) is 5.82 Å². The fraction of sp³-hybridized carbons (Fsp3) is 0.143. The third-order valence-electron chi connectivity index (χ3n) is 2.65. The van der Waals surface area contributed by atoms with Gasteiger partial charge in [-0.25, -0.2) is 4.39 Å². The summed E-state index contributed by atoms with van der Waals surface area (Å²) in [5, 5.41) is 4.05. The van der Waals surface area contributed by atoms with Crippen molar-refractivity contribution in [2.24, 2.45) is 0 Å². The highest BCUT2D eigenvalue weighted by molar-refractivity contribution is 6.31. The van der Waals surface area contributed by atoms with Gasteiger partial charge in [-0.15, -0.1) is 0 Å². The summed E-state index contributed by atoms with van der Waals surface area (Å²) in [6, 6.07) is 12.2. The zero-order valence-corrected chi connectivity index (χ0v) is 11.3. The van der Waals surface area contributed by atoms with E-state index < -0.39 is 5.82 Å². The number of hydrogen-bond donors (Lipinski definition) is 1. The Labute approximate surface area is 116 Å². The van der Waals surface area contributed by atoms with Crippen LogP contribution in [0.2, 0.25) is 10.0 Å². The van der Waals surface area contributed by atoms with Gasteiger partial charge in [0.25, 0.3) is 0 Å². The molecule has 0 aliphatic heterocycles. The number of nitrogens with one attached hydrogen (secondary N) is 1. The summed E-state index contributed by atoms with van der Waals surface area (Å²) >= 11 is 11.6. The first-order valence-electron chi connectivity index (χ1n) is 5.53. The fourth-order valence-electron chi connectivity index (χ4n) is 1.69. The molecule has 0 saturated heterocycles. The molecule has 0 aliphatic carbocycles. The van der Waals surface area contributed by atoms with Gasteiger partial charge < -0.3 is 5.32 Å². The molecule has 0 radical (unpaired) electrons. The van der Waals surface area contributed by atoms with E-state index in [9.17, 15) is 4.39 Å². The maximum absolute atomic E-state index is 13.4. The molecule has 0 aliphatic rings. The molecule has 1 N–H and O–H groups in total. The van der Waals surface area contributed by atoms with E-state index in [1.165, 1.54) is 6.07 Å². The van der Waals surface area contributed by atoms with Crippen molar-refractivity contribution in [2.45, 2.75) is 13.0 Å². The first-order valence-corrected chi connectivity index (χ1v) is 6.29. The van der Waals surface area contributed by atoms with Gasteiger partial charge in [0, 0.05) is 16.8 Å². The third kappa shape index (κ3) is 3.15. The van der Waals surface area contributed by atoms with Crippen molar-refractivity contribution in [2.75, 3.05) is 5.32 Å². The van der Waals surface area contributed by atoms with Crippen molar-refractivity contribution in [1.29, 1.82) is 0 Å². The molecule has 94 valence electrons. The summed E-state index contributed by atoms with van der Waals surface area (Å²) in [6.07, 6.45) is 0. The molecule has 18 heavy (non-hydrogen) atoms. The fourth-order valence-corrected chi connectivity index (χ4v) is 2.00. The summed E-state index contributed by atoms with van der Waals surface area (Å²) < 4.78 is 13.4. The quantitative estimate of drug-likeness (QED) is 0.805. The Bertz CT molecular complexity index is 557. The Morgan fingerprint density at radius 1 is 1.11 bits per heavy atom. The Morgan fingerprint density at radius 2 is 1.89 bits per heavy atom. The minimum atomic E-state index is -0.408. The van der Waals surface area contributed by atoms with Crippen molar-refractivity contribution >= 4 is 28.9 Å². The van der Waals surface area contributed by atoms with E-state index in [-0.39, 0.29) is 11.1 Å². The molecule has 1 atom stereocenters. The summed E-state index contributed by atoms with van der Waals surface area (Å²) in [4.78, 5) is 0. The highest BCUT2D eigenvalue weighted by atomic mass is 35.5. The van der Waals surface area contributed by atoms with Crippen LogP contribution in [0.3, 0.4) is 0 Å². The molecule has 2 aromatic rings. The molecule has 1 nitrogen and oxygen atoms in total. The lowest BCUT2D eigenvalue weighted by Crippen LogP contribution is -2.06. The van der Waals surface area contributed by atoms with Crippen LogP contribution in [0.25, 0.3) is 0 Å². The number of hydrogen-bond acceptors (Lipinski definition) is 1. The number of benzene rings is 2. The maximum Gasteiger partial charge on any atom is 0.142 e. The van der Waals surface area contributed by atoms with Gasteiger partial charge in [0.05, 0.1) is 5.02 Å². The zero-order valence-electron chi connectivity index (χ0n) is 9.75. The number of rotatable bonds is 3. The van der Waals surface area contributed by atoms with Crippen molar-refractivity contribution in [3.8, 4) is 0 Å². The van der Waals surface area contributed by atoms with E-state index in [0.717, 1.165) is 11.3 Å².